The number of aromatic nitrogens is 1. The Morgan fingerprint density at radius 3 is 2.65 bits per heavy atom. The summed E-state index contributed by atoms with van der Waals surface area (Å²) >= 11 is 0. The SMILES string of the molecule is CCN(c1cc(CO)cc(C)n1)C1CCCC1. The molecule has 0 atom stereocenters. The molecular formula is C14H22N2O. The molecule has 1 N–H and O–H groups in total. The monoisotopic (exact) mass is 234 g/mol. The number of anilines is 1. The Kier molecular flexibility index (Phi) is 4.00. The van der Waals surface area contributed by atoms with E-state index >= 15 is 0 Å². The van der Waals surface area contributed by atoms with Crippen molar-refractivity contribution in [3.05, 3.63) is 23.4 Å². The van der Waals surface area contributed by atoms with E-state index in [9.17, 15) is 5.11 Å². The van der Waals surface area contributed by atoms with Gasteiger partial charge in [0.05, 0.1) is 6.61 Å². The highest BCUT2D eigenvalue weighted by Crippen LogP contribution is 2.27. The molecule has 0 saturated heterocycles. The summed E-state index contributed by atoms with van der Waals surface area (Å²) < 4.78 is 0. The van der Waals surface area contributed by atoms with E-state index in [0.717, 1.165) is 23.6 Å². The fraction of sp³-hybridized carbons (Fsp3) is 0.643. The molecule has 94 valence electrons. The summed E-state index contributed by atoms with van der Waals surface area (Å²) in [5, 5.41) is 9.26. The Bertz CT molecular complexity index is 372. The number of hydrogen-bond donors (Lipinski definition) is 1. The van der Waals surface area contributed by atoms with Crippen LogP contribution in [0.4, 0.5) is 5.82 Å². The van der Waals surface area contributed by atoms with Crippen LogP contribution >= 0.6 is 0 Å². The summed E-state index contributed by atoms with van der Waals surface area (Å²) in [7, 11) is 0. The maximum Gasteiger partial charge on any atom is 0.129 e. The van der Waals surface area contributed by atoms with Gasteiger partial charge in [0.2, 0.25) is 0 Å². The Morgan fingerprint density at radius 1 is 1.35 bits per heavy atom. The molecule has 2 rings (SSSR count). The van der Waals surface area contributed by atoms with E-state index in [4.69, 9.17) is 0 Å². The fourth-order valence-electron chi connectivity index (χ4n) is 2.78. The molecule has 0 amide bonds. The van der Waals surface area contributed by atoms with E-state index in [1.165, 1.54) is 25.7 Å². The van der Waals surface area contributed by atoms with Crippen LogP contribution < -0.4 is 4.90 Å². The van der Waals surface area contributed by atoms with E-state index in [0.29, 0.717) is 6.04 Å². The van der Waals surface area contributed by atoms with Gasteiger partial charge < -0.3 is 10.0 Å². The van der Waals surface area contributed by atoms with Gasteiger partial charge >= 0.3 is 0 Å². The van der Waals surface area contributed by atoms with Crippen molar-refractivity contribution in [1.29, 1.82) is 0 Å². The van der Waals surface area contributed by atoms with Crippen LogP contribution in [0.25, 0.3) is 0 Å². The van der Waals surface area contributed by atoms with Crippen molar-refractivity contribution in [2.24, 2.45) is 0 Å². The number of rotatable bonds is 4. The van der Waals surface area contributed by atoms with Gasteiger partial charge in [0.25, 0.3) is 0 Å². The molecule has 1 heterocycles. The molecule has 1 aliphatic rings. The molecule has 3 heteroatoms. The van der Waals surface area contributed by atoms with Crippen molar-refractivity contribution in [2.75, 3.05) is 11.4 Å². The van der Waals surface area contributed by atoms with Gasteiger partial charge in [0, 0.05) is 18.3 Å². The van der Waals surface area contributed by atoms with Crippen LogP contribution in [0.1, 0.15) is 43.9 Å². The van der Waals surface area contributed by atoms with Crippen LogP contribution in [0.15, 0.2) is 12.1 Å². The number of aliphatic hydroxyl groups is 1. The van der Waals surface area contributed by atoms with Crippen molar-refractivity contribution in [2.45, 2.75) is 52.2 Å². The molecule has 0 radical (unpaired) electrons. The van der Waals surface area contributed by atoms with Gasteiger partial charge in [-0.25, -0.2) is 4.98 Å². The van der Waals surface area contributed by atoms with Crippen LogP contribution in [-0.4, -0.2) is 22.7 Å². The quantitative estimate of drug-likeness (QED) is 0.870. The van der Waals surface area contributed by atoms with E-state index in [1.807, 2.05) is 19.1 Å². The maximum absolute atomic E-state index is 9.26. The zero-order valence-corrected chi connectivity index (χ0v) is 10.8. The van der Waals surface area contributed by atoms with Gasteiger partial charge in [-0.05, 0) is 44.4 Å². The zero-order valence-electron chi connectivity index (χ0n) is 10.8. The normalized spacial score (nSPS) is 16.4. The van der Waals surface area contributed by atoms with Gasteiger partial charge in [0.1, 0.15) is 5.82 Å². The molecule has 0 bridgehead atoms. The number of aryl methyl sites for hydroxylation is 1. The predicted octanol–water partition coefficient (Wildman–Crippen LogP) is 2.65. The highest BCUT2D eigenvalue weighted by Gasteiger charge is 2.22. The Labute approximate surface area is 103 Å². The lowest BCUT2D eigenvalue weighted by atomic mass is 10.2. The number of aliphatic hydroxyl groups excluding tert-OH is 1. The van der Waals surface area contributed by atoms with Crippen LogP contribution in [-0.2, 0) is 6.61 Å². The minimum atomic E-state index is 0.0958. The van der Waals surface area contributed by atoms with Crippen molar-refractivity contribution in [3.63, 3.8) is 0 Å². The van der Waals surface area contributed by atoms with Gasteiger partial charge in [-0.15, -0.1) is 0 Å². The first-order valence-electron chi connectivity index (χ1n) is 6.59. The van der Waals surface area contributed by atoms with Crippen molar-refractivity contribution < 1.29 is 5.11 Å². The fourth-order valence-corrected chi connectivity index (χ4v) is 2.78. The van der Waals surface area contributed by atoms with Crippen LogP contribution in [0.2, 0.25) is 0 Å². The van der Waals surface area contributed by atoms with E-state index in [1.54, 1.807) is 0 Å². The molecule has 17 heavy (non-hydrogen) atoms. The molecule has 3 nitrogen and oxygen atoms in total. The molecular weight excluding hydrogens is 212 g/mol. The first-order valence-corrected chi connectivity index (χ1v) is 6.59. The van der Waals surface area contributed by atoms with E-state index < -0.39 is 0 Å². The van der Waals surface area contributed by atoms with Crippen molar-refractivity contribution in [1.82, 2.24) is 4.98 Å². The maximum atomic E-state index is 9.26. The zero-order chi connectivity index (χ0) is 12.3. The third-order valence-corrected chi connectivity index (χ3v) is 3.58. The summed E-state index contributed by atoms with van der Waals surface area (Å²) in [5.41, 5.74) is 1.95. The Hall–Kier alpha value is -1.09. The van der Waals surface area contributed by atoms with Crippen LogP contribution in [0.5, 0.6) is 0 Å². The minimum Gasteiger partial charge on any atom is -0.392 e. The second-order valence-corrected chi connectivity index (χ2v) is 4.86. The van der Waals surface area contributed by atoms with Crippen molar-refractivity contribution >= 4 is 5.82 Å². The molecule has 0 spiro atoms. The standard InChI is InChI=1S/C14H22N2O/c1-3-16(13-6-4-5-7-13)14-9-12(10-17)8-11(2)15-14/h8-9,13,17H,3-7,10H2,1-2H3. The molecule has 1 saturated carbocycles. The topological polar surface area (TPSA) is 36.4 Å². The molecule has 1 aromatic rings. The average Bonchev–Trinajstić information content (AvgIpc) is 2.83. The predicted molar refractivity (Wildman–Crippen MR) is 70.2 cm³/mol. The van der Waals surface area contributed by atoms with Gasteiger partial charge in [-0.2, -0.15) is 0 Å². The Morgan fingerprint density at radius 2 is 2.06 bits per heavy atom. The highest BCUT2D eigenvalue weighted by molar-refractivity contribution is 5.43. The third kappa shape index (κ3) is 2.78. The summed E-state index contributed by atoms with van der Waals surface area (Å²) in [4.78, 5) is 7.00. The molecule has 0 aromatic carbocycles. The number of hydrogen-bond acceptors (Lipinski definition) is 3. The lowest BCUT2D eigenvalue weighted by Gasteiger charge is -2.29. The molecule has 0 aliphatic heterocycles. The van der Waals surface area contributed by atoms with Crippen LogP contribution in [0.3, 0.4) is 0 Å². The molecule has 1 aromatic heterocycles. The number of nitrogens with zero attached hydrogens (tertiary/aromatic N) is 2. The summed E-state index contributed by atoms with van der Waals surface area (Å²) in [6, 6.07) is 4.61. The Balaban J connectivity index is 2.25. The first kappa shape index (κ1) is 12.4. The largest absolute Gasteiger partial charge is 0.392 e. The second kappa shape index (κ2) is 5.50. The summed E-state index contributed by atoms with van der Waals surface area (Å²) in [5.74, 6) is 1.03. The third-order valence-electron chi connectivity index (χ3n) is 3.58. The van der Waals surface area contributed by atoms with Crippen LogP contribution in [0, 0.1) is 6.92 Å². The van der Waals surface area contributed by atoms with Gasteiger partial charge in [0.15, 0.2) is 0 Å². The molecule has 0 unspecified atom stereocenters. The minimum absolute atomic E-state index is 0.0958. The lowest BCUT2D eigenvalue weighted by Crippen LogP contribution is -2.33. The van der Waals surface area contributed by atoms with Crippen molar-refractivity contribution in [3.8, 4) is 0 Å². The molecule has 1 fully saturated rings. The average molecular weight is 234 g/mol. The molecule has 1 aliphatic carbocycles. The smallest absolute Gasteiger partial charge is 0.129 e. The van der Waals surface area contributed by atoms with Gasteiger partial charge in [-0.1, -0.05) is 12.8 Å². The van der Waals surface area contributed by atoms with E-state index in [2.05, 4.69) is 16.8 Å². The first-order chi connectivity index (χ1) is 8.24. The van der Waals surface area contributed by atoms with Gasteiger partial charge in [-0.3, -0.25) is 0 Å². The lowest BCUT2D eigenvalue weighted by molar-refractivity contribution is 0.281. The number of pyridine rings is 1. The highest BCUT2D eigenvalue weighted by atomic mass is 16.3. The van der Waals surface area contributed by atoms with E-state index in [-0.39, 0.29) is 6.61 Å². The summed E-state index contributed by atoms with van der Waals surface area (Å²) in [6.07, 6.45) is 5.22. The summed E-state index contributed by atoms with van der Waals surface area (Å²) in [6.45, 7) is 5.26. The second-order valence-electron chi connectivity index (χ2n) is 4.86.